The highest BCUT2D eigenvalue weighted by Gasteiger charge is 2.18. The molecule has 414 valence electrons. The normalized spacial score (nSPS) is 11.9. The van der Waals surface area contributed by atoms with Gasteiger partial charge in [0, 0.05) is 68.3 Å². The van der Waals surface area contributed by atoms with Crippen molar-refractivity contribution in [1.82, 2.24) is 0 Å². The number of unbranched alkanes of at least 4 members (excludes halogenated alkanes) is 12. The van der Waals surface area contributed by atoms with E-state index in [0.29, 0.717) is 0 Å². The van der Waals surface area contributed by atoms with Gasteiger partial charge in [-0.05, 0) is 192 Å². The summed E-state index contributed by atoms with van der Waals surface area (Å²) in [6.45, 7) is 9.20. The van der Waals surface area contributed by atoms with Crippen LogP contribution in [-0.4, -0.2) is 0 Å². The van der Waals surface area contributed by atoms with Gasteiger partial charge in [0.15, 0.2) is 0 Å². The maximum Gasteiger partial charge on any atom is 0.0481 e. The molecule has 8 heteroatoms. The van der Waals surface area contributed by atoms with Gasteiger partial charge in [-0.2, -0.15) is 0 Å². The fourth-order valence-corrected chi connectivity index (χ4v) is 19.6. The Labute approximate surface area is 511 Å². The van der Waals surface area contributed by atoms with Crippen LogP contribution in [0.15, 0.2) is 132 Å². The summed E-state index contributed by atoms with van der Waals surface area (Å²) in [6, 6.07) is 46.7. The lowest BCUT2D eigenvalue weighted by molar-refractivity contribution is 0.668. The fraction of sp³-hybridized carbons (Fsp3) is 0.333. The minimum Gasteiger partial charge on any atom is -0.143 e. The van der Waals surface area contributed by atoms with Crippen molar-refractivity contribution in [2.24, 2.45) is 0 Å². The van der Waals surface area contributed by atoms with E-state index < -0.39 is 0 Å². The minimum absolute atomic E-state index is 1.14. The Morgan fingerprint density at radius 2 is 0.588 bits per heavy atom. The number of thiophene rings is 8. The maximum atomic E-state index is 2.47. The van der Waals surface area contributed by atoms with E-state index in [1.807, 2.05) is 90.7 Å². The molecule has 10 rings (SSSR count). The van der Waals surface area contributed by atoms with Crippen molar-refractivity contribution < 1.29 is 0 Å². The lowest BCUT2D eigenvalue weighted by Gasteiger charge is -2.03. The molecule has 0 fully saturated rings. The van der Waals surface area contributed by atoms with E-state index in [1.165, 1.54) is 228 Å². The van der Waals surface area contributed by atoms with Crippen LogP contribution in [0.2, 0.25) is 0 Å². The van der Waals surface area contributed by atoms with Crippen molar-refractivity contribution in [2.45, 2.75) is 156 Å². The monoisotopic (exact) mass is 1200 g/mol. The molecule has 0 saturated carbocycles. The van der Waals surface area contributed by atoms with Gasteiger partial charge in [-0.15, -0.1) is 90.7 Å². The molecule has 0 unspecified atom stereocenters. The zero-order valence-corrected chi connectivity index (χ0v) is 54.0. The number of rotatable bonds is 31. The van der Waals surface area contributed by atoms with E-state index in [2.05, 4.69) is 184 Å². The Balaban J connectivity index is 0.784. The first kappa shape index (κ1) is 58.7. The molecule has 0 nitrogen and oxygen atoms in total. The summed E-state index contributed by atoms with van der Waals surface area (Å²) in [4.78, 5) is 19.7. The summed E-state index contributed by atoms with van der Waals surface area (Å²) in [5, 5.41) is 4.57. The Bertz CT molecular complexity index is 3270. The van der Waals surface area contributed by atoms with Crippen LogP contribution >= 0.6 is 90.7 Å². The average Bonchev–Trinajstić information content (AvgIpc) is 4.37. The fourth-order valence-electron chi connectivity index (χ4n) is 10.6. The van der Waals surface area contributed by atoms with Crippen LogP contribution in [-0.2, 0) is 25.7 Å². The van der Waals surface area contributed by atoms with Crippen molar-refractivity contribution in [3.05, 3.63) is 175 Å². The van der Waals surface area contributed by atoms with E-state index in [-0.39, 0.29) is 0 Å². The first-order chi connectivity index (χ1) is 39.5. The summed E-state index contributed by atoms with van der Waals surface area (Å²) >= 11 is 15.6. The molecule has 2 aromatic carbocycles. The number of aryl methyl sites for hydroxylation is 4. The molecule has 0 N–H and O–H groups in total. The van der Waals surface area contributed by atoms with E-state index in [4.69, 9.17) is 0 Å². The lowest BCUT2D eigenvalue weighted by Crippen LogP contribution is -1.85. The molecule has 0 atom stereocenters. The molecule has 0 saturated heterocycles. The highest BCUT2D eigenvalue weighted by Crippen LogP contribution is 2.47. The zero-order chi connectivity index (χ0) is 54.9. The van der Waals surface area contributed by atoms with E-state index in [1.54, 1.807) is 0 Å². The Morgan fingerprint density at radius 1 is 0.275 bits per heavy atom. The molecular formula is C72H78S8. The Hall–Kier alpha value is -4.48. The van der Waals surface area contributed by atoms with Crippen molar-refractivity contribution in [2.75, 3.05) is 0 Å². The Morgan fingerprint density at radius 3 is 0.925 bits per heavy atom. The van der Waals surface area contributed by atoms with E-state index in [0.717, 1.165) is 12.8 Å². The Kier molecular flexibility index (Phi) is 22.1. The van der Waals surface area contributed by atoms with Crippen molar-refractivity contribution in [1.29, 1.82) is 0 Å². The molecule has 0 radical (unpaired) electrons. The predicted molar refractivity (Wildman–Crippen MR) is 370 cm³/mol. The van der Waals surface area contributed by atoms with Crippen LogP contribution in [0.25, 0.3) is 94.0 Å². The van der Waals surface area contributed by atoms with Gasteiger partial charge in [0.2, 0.25) is 0 Å². The van der Waals surface area contributed by atoms with Gasteiger partial charge in [0.25, 0.3) is 0 Å². The van der Waals surface area contributed by atoms with Crippen LogP contribution in [0.5, 0.6) is 0 Å². The third-order valence-corrected chi connectivity index (χ3v) is 24.8. The second-order valence-electron chi connectivity index (χ2n) is 21.4. The molecule has 8 aromatic heterocycles. The third-order valence-electron chi connectivity index (χ3n) is 15.2. The second-order valence-corrected chi connectivity index (χ2v) is 29.7. The molecule has 0 aliphatic carbocycles. The van der Waals surface area contributed by atoms with Gasteiger partial charge >= 0.3 is 0 Å². The van der Waals surface area contributed by atoms with Gasteiger partial charge in [-0.25, -0.2) is 0 Å². The number of hydrogen-bond donors (Lipinski definition) is 0. The zero-order valence-electron chi connectivity index (χ0n) is 47.4. The average molecular weight is 1200 g/mol. The highest BCUT2D eigenvalue weighted by atomic mass is 32.1. The van der Waals surface area contributed by atoms with E-state index >= 15 is 0 Å². The van der Waals surface area contributed by atoms with Crippen LogP contribution in [0.1, 0.15) is 174 Å². The molecule has 0 amide bonds. The summed E-state index contributed by atoms with van der Waals surface area (Å²) in [7, 11) is 0. The highest BCUT2D eigenvalue weighted by molar-refractivity contribution is 7.29. The summed E-state index contributed by atoms with van der Waals surface area (Å²) in [6.07, 6.45) is 34.6. The molecule has 80 heavy (non-hydrogen) atoms. The first-order valence-electron chi connectivity index (χ1n) is 29.8. The molecule has 0 spiro atoms. The molecular weight excluding hydrogens is 1120 g/mol. The summed E-state index contributed by atoms with van der Waals surface area (Å²) < 4.78 is 0. The first-order valence-corrected chi connectivity index (χ1v) is 36.5. The molecule has 0 bridgehead atoms. The predicted octanol–water partition coefficient (Wildman–Crippen LogP) is 26.7. The lowest BCUT2D eigenvalue weighted by atomic mass is 10.0. The summed E-state index contributed by atoms with van der Waals surface area (Å²) in [5.74, 6) is 0. The van der Waals surface area contributed by atoms with Crippen LogP contribution in [0.4, 0.5) is 0 Å². The van der Waals surface area contributed by atoms with Gasteiger partial charge in [-0.3, -0.25) is 0 Å². The molecule has 0 aliphatic heterocycles. The standard InChI is InChI=1S/C72H78S8/c1-5-9-13-17-21-55-45-47-73-69(55)65-41-37-61(77-65)63-39-43-67(79-63)71-57(23-19-15-11-7-3)49-59(75-71)35-29-51-25-31-53(32-26-51)54-33-27-52(28-34-54)30-36-60-50-58(24-20-16-12-8-4)72(76-60)68-44-40-64(80-68)62-38-42-66(78-62)70-56(46-48-74-70)22-18-14-10-6-2/h25-50H,5-24H2,1-4H3/b35-29+,36-30+. The van der Waals surface area contributed by atoms with Crippen molar-refractivity contribution >= 4 is 115 Å². The second kappa shape index (κ2) is 30.2. The topological polar surface area (TPSA) is 0 Å². The van der Waals surface area contributed by atoms with Crippen LogP contribution < -0.4 is 0 Å². The maximum absolute atomic E-state index is 2.47. The van der Waals surface area contributed by atoms with E-state index in [9.17, 15) is 0 Å². The van der Waals surface area contributed by atoms with Crippen LogP contribution in [0, 0.1) is 0 Å². The summed E-state index contributed by atoms with van der Waals surface area (Å²) in [5.41, 5.74) is 11.0. The minimum atomic E-state index is 1.14. The van der Waals surface area contributed by atoms with Gasteiger partial charge in [0.1, 0.15) is 0 Å². The SMILES string of the molecule is CCCCCCc1ccsc1-c1ccc(-c2ccc(-c3sc(/C=C/c4ccc(-c5ccc(/C=C/c6cc(CCCCCC)c(-c7ccc(-c8ccc(-c9sccc9CCCCCC)s8)s7)s6)cc5)cc4)cc3CCCCCC)s2)s1. The van der Waals surface area contributed by atoms with Crippen molar-refractivity contribution in [3.8, 4) is 69.7 Å². The van der Waals surface area contributed by atoms with Gasteiger partial charge < -0.3 is 0 Å². The molecule has 0 aliphatic rings. The quantitative estimate of drug-likeness (QED) is 0.0380. The third kappa shape index (κ3) is 15.6. The van der Waals surface area contributed by atoms with Crippen LogP contribution in [0.3, 0.4) is 0 Å². The molecule has 10 aromatic rings. The van der Waals surface area contributed by atoms with Gasteiger partial charge in [-0.1, -0.05) is 165 Å². The number of hydrogen-bond acceptors (Lipinski definition) is 8. The largest absolute Gasteiger partial charge is 0.143 e. The van der Waals surface area contributed by atoms with Crippen molar-refractivity contribution in [3.63, 3.8) is 0 Å². The smallest absolute Gasteiger partial charge is 0.0481 e. The van der Waals surface area contributed by atoms with Gasteiger partial charge in [0.05, 0.1) is 0 Å². The number of benzene rings is 2. The molecule has 8 heterocycles.